The number of alkyl halides is 1. The van der Waals surface area contributed by atoms with E-state index in [-0.39, 0.29) is 0 Å². The number of rotatable bonds is 5. The second-order valence-electron chi connectivity index (χ2n) is 4.94. The molecule has 0 saturated carbocycles. The summed E-state index contributed by atoms with van der Waals surface area (Å²) in [5.41, 5.74) is 1.47. The Hall–Kier alpha value is -0.0900. The topological polar surface area (TPSA) is 3.24 Å². The lowest BCUT2D eigenvalue weighted by molar-refractivity contribution is 0.132. The maximum absolute atomic E-state index is 2.70. The summed E-state index contributed by atoms with van der Waals surface area (Å²) in [5.74, 6) is 0. The molecule has 1 atom stereocenters. The van der Waals surface area contributed by atoms with E-state index >= 15 is 0 Å². The third-order valence-electron chi connectivity index (χ3n) is 3.65. The first kappa shape index (κ1) is 13.3. The first-order valence-corrected chi connectivity index (χ1v) is 8.26. The second-order valence-corrected chi connectivity index (χ2v) is 6.02. The van der Waals surface area contributed by atoms with E-state index in [9.17, 15) is 0 Å². The molecular formula is C15H22IN. The van der Waals surface area contributed by atoms with Crippen LogP contribution in [0.25, 0.3) is 0 Å². The van der Waals surface area contributed by atoms with E-state index in [1.807, 2.05) is 0 Å². The Labute approximate surface area is 119 Å². The van der Waals surface area contributed by atoms with Crippen molar-refractivity contribution in [1.82, 2.24) is 4.90 Å². The van der Waals surface area contributed by atoms with E-state index in [0.29, 0.717) is 0 Å². The van der Waals surface area contributed by atoms with Gasteiger partial charge in [0.05, 0.1) is 0 Å². The average Bonchev–Trinajstić information content (AvgIpc) is 2.39. The maximum atomic E-state index is 2.70. The Bertz CT molecular complexity index is 312. The Morgan fingerprint density at radius 3 is 2.76 bits per heavy atom. The Morgan fingerprint density at radius 1 is 1.18 bits per heavy atom. The monoisotopic (exact) mass is 343 g/mol. The number of hydrogen-bond acceptors (Lipinski definition) is 1. The molecule has 0 aromatic heterocycles. The zero-order chi connectivity index (χ0) is 11.9. The van der Waals surface area contributed by atoms with Gasteiger partial charge in [0.2, 0.25) is 0 Å². The van der Waals surface area contributed by atoms with Crippen molar-refractivity contribution in [3.63, 3.8) is 0 Å². The van der Waals surface area contributed by atoms with Crippen molar-refractivity contribution < 1.29 is 0 Å². The zero-order valence-electron chi connectivity index (χ0n) is 10.4. The van der Waals surface area contributed by atoms with Crippen LogP contribution in [-0.4, -0.2) is 21.9 Å². The van der Waals surface area contributed by atoms with Crippen LogP contribution in [0.15, 0.2) is 30.3 Å². The van der Waals surface area contributed by atoms with E-state index in [0.717, 1.165) is 12.6 Å². The highest BCUT2D eigenvalue weighted by atomic mass is 127. The van der Waals surface area contributed by atoms with Crippen molar-refractivity contribution in [3.05, 3.63) is 35.9 Å². The minimum atomic E-state index is 0.832. The third-order valence-corrected chi connectivity index (χ3v) is 4.41. The molecule has 1 aromatic carbocycles. The number of piperidine rings is 1. The van der Waals surface area contributed by atoms with Gasteiger partial charge in [0, 0.05) is 12.6 Å². The van der Waals surface area contributed by atoms with Crippen LogP contribution in [0.3, 0.4) is 0 Å². The zero-order valence-corrected chi connectivity index (χ0v) is 12.6. The van der Waals surface area contributed by atoms with Crippen molar-refractivity contribution in [3.8, 4) is 0 Å². The predicted molar refractivity (Wildman–Crippen MR) is 82.6 cm³/mol. The summed E-state index contributed by atoms with van der Waals surface area (Å²) in [7, 11) is 0. The number of halogens is 1. The van der Waals surface area contributed by atoms with Gasteiger partial charge < -0.3 is 0 Å². The fourth-order valence-electron chi connectivity index (χ4n) is 2.73. The van der Waals surface area contributed by atoms with Gasteiger partial charge >= 0.3 is 0 Å². The highest BCUT2D eigenvalue weighted by Gasteiger charge is 2.21. The molecule has 2 heteroatoms. The molecule has 0 spiro atoms. The first-order valence-electron chi connectivity index (χ1n) is 6.74. The summed E-state index contributed by atoms with van der Waals surface area (Å²) in [5, 5.41) is 0. The van der Waals surface area contributed by atoms with Crippen LogP contribution in [0, 0.1) is 0 Å². The molecule has 0 radical (unpaired) electrons. The van der Waals surface area contributed by atoms with E-state index < -0.39 is 0 Å². The average molecular weight is 343 g/mol. The molecule has 0 N–H and O–H groups in total. The lowest BCUT2D eigenvalue weighted by Gasteiger charge is -2.35. The fraction of sp³-hybridized carbons (Fsp3) is 0.600. The van der Waals surface area contributed by atoms with Crippen LogP contribution < -0.4 is 0 Å². The molecule has 0 aliphatic carbocycles. The summed E-state index contributed by atoms with van der Waals surface area (Å²) < 4.78 is 1.30. The molecule has 1 aliphatic rings. The van der Waals surface area contributed by atoms with Gasteiger partial charge in [-0.05, 0) is 42.2 Å². The summed E-state index contributed by atoms with van der Waals surface area (Å²) in [6, 6.07) is 11.7. The van der Waals surface area contributed by atoms with Gasteiger partial charge in [-0.25, -0.2) is 0 Å². The summed E-state index contributed by atoms with van der Waals surface area (Å²) in [4.78, 5) is 2.70. The number of likely N-dealkylation sites (tertiary alicyclic amines) is 1. The highest BCUT2D eigenvalue weighted by molar-refractivity contribution is 14.1. The van der Waals surface area contributed by atoms with Gasteiger partial charge in [0.1, 0.15) is 0 Å². The largest absolute Gasteiger partial charge is 0.296 e. The molecule has 2 rings (SSSR count). The quantitative estimate of drug-likeness (QED) is 0.571. The summed E-state index contributed by atoms with van der Waals surface area (Å²) in [6.07, 6.45) is 6.97. The normalized spacial score (nSPS) is 21.6. The van der Waals surface area contributed by atoms with Crippen molar-refractivity contribution in [2.24, 2.45) is 0 Å². The maximum Gasteiger partial charge on any atom is 0.0236 e. The molecule has 1 aromatic rings. The molecule has 0 amide bonds. The predicted octanol–water partition coefficient (Wildman–Crippen LogP) is 4.26. The lowest BCUT2D eigenvalue weighted by atomic mass is 9.97. The van der Waals surface area contributed by atoms with Crippen LogP contribution in [-0.2, 0) is 6.54 Å². The lowest BCUT2D eigenvalue weighted by Crippen LogP contribution is -2.38. The number of benzene rings is 1. The van der Waals surface area contributed by atoms with E-state index in [1.165, 1.54) is 48.6 Å². The molecule has 17 heavy (non-hydrogen) atoms. The van der Waals surface area contributed by atoms with Gasteiger partial charge in [0.25, 0.3) is 0 Å². The van der Waals surface area contributed by atoms with E-state index in [4.69, 9.17) is 0 Å². The molecule has 1 fully saturated rings. The van der Waals surface area contributed by atoms with Crippen LogP contribution in [0.4, 0.5) is 0 Å². The van der Waals surface area contributed by atoms with Crippen molar-refractivity contribution in [2.75, 3.05) is 11.0 Å². The van der Waals surface area contributed by atoms with Crippen LogP contribution in [0.5, 0.6) is 0 Å². The molecule has 94 valence electrons. The van der Waals surface area contributed by atoms with Gasteiger partial charge in [-0.2, -0.15) is 0 Å². The first-order chi connectivity index (χ1) is 8.40. The molecule has 1 saturated heterocycles. The Morgan fingerprint density at radius 2 is 2.00 bits per heavy atom. The molecular weight excluding hydrogens is 321 g/mol. The van der Waals surface area contributed by atoms with Gasteiger partial charge in [-0.15, -0.1) is 0 Å². The van der Waals surface area contributed by atoms with E-state index in [2.05, 4.69) is 57.8 Å². The minimum Gasteiger partial charge on any atom is -0.296 e. The van der Waals surface area contributed by atoms with E-state index in [1.54, 1.807) is 0 Å². The van der Waals surface area contributed by atoms with Crippen molar-refractivity contribution in [2.45, 2.75) is 44.7 Å². The second kappa shape index (κ2) is 7.37. The fourth-order valence-corrected chi connectivity index (χ4v) is 3.17. The van der Waals surface area contributed by atoms with Gasteiger partial charge in [0.15, 0.2) is 0 Å². The molecule has 1 heterocycles. The molecule has 1 aliphatic heterocycles. The van der Waals surface area contributed by atoms with Gasteiger partial charge in [-0.3, -0.25) is 4.90 Å². The standard InChI is InChI=1S/C15H22IN/c16-11-6-10-15-9-4-5-12-17(15)13-14-7-2-1-3-8-14/h1-3,7-8,15H,4-6,9-13H2/t15-/m0/s1. The molecule has 0 unspecified atom stereocenters. The number of hydrogen-bond donors (Lipinski definition) is 0. The summed E-state index contributed by atoms with van der Waals surface area (Å²) in [6.45, 7) is 2.44. The number of nitrogens with zero attached hydrogens (tertiary/aromatic N) is 1. The smallest absolute Gasteiger partial charge is 0.0236 e. The van der Waals surface area contributed by atoms with Crippen LogP contribution >= 0.6 is 22.6 Å². The minimum absolute atomic E-state index is 0.832. The Kier molecular flexibility index (Phi) is 5.78. The van der Waals surface area contributed by atoms with Crippen molar-refractivity contribution >= 4 is 22.6 Å². The highest BCUT2D eigenvalue weighted by Crippen LogP contribution is 2.23. The molecule has 1 nitrogen and oxygen atoms in total. The molecule has 0 bridgehead atoms. The van der Waals surface area contributed by atoms with Crippen molar-refractivity contribution in [1.29, 1.82) is 0 Å². The Balaban J connectivity index is 1.92. The SMILES string of the molecule is ICCC[C@@H]1CCCCN1Cc1ccccc1. The third kappa shape index (κ3) is 4.25. The van der Waals surface area contributed by atoms with Gasteiger partial charge in [-0.1, -0.05) is 59.3 Å². The van der Waals surface area contributed by atoms with Crippen LogP contribution in [0.1, 0.15) is 37.7 Å². The van der Waals surface area contributed by atoms with Crippen LogP contribution in [0.2, 0.25) is 0 Å². The summed E-state index contributed by atoms with van der Waals surface area (Å²) >= 11 is 2.50.